The number of nitrogens with one attached hydrogen (secondary N) is 1. The van der Waals surface area contributed by atoms with Crippen molar-refractivity contribution in [1.29, 1.82) is 0 Å². The third-order valence-corrected chi connectivity index (χ3v) is 4.06. The second-order valence-electron chi connectivity index (χ2n) is 5.85. The molecule has 0 saturated heterocycles. The van der Waals surface area contributed by atoms with Gasteiger partial charge in [-0.15, -0.1) is 0 Å². The van der Waals surface area contributed by atoms with Gasteiger partial charge in [0.1, 0.15) is 18.4 Å². The molecule has 25 heavy (non-hydrogen) atoms. The Morgan fingerprint density at radius 2 is 2.00 bits per heavy atom. The Morgan fingerprint density at radius 1 is 1.24 bits per heavy atom. The molecule has 0 radical (unpaired) electrons. The molecule has 1 atom stereocenters. The van der Waals surface area contributed by atoms with E-state index in [0.717, 1.165) is 11.4 Å². The van der Waals surface area contributed by atoms with Crippen LogP contribution in [-0.2, 0) is 11.2 Å². The monoisotopic (exact) mass is 338 g/mol. The van der Waals surface area contributed by atoms with Gasteiger partial charge in [0.15, 0.2) is 0 Å². The number of para-hydroxylation sites is 1. The van der Waals surface area contributed by atoms with Crippen molar-refractivity contribution in [2.45, 2.75) is 12.5 Å². The van der Waals surface area contributed by atoms with E-state index in [2.05, 4.69) is 9.97 Å². The second-order valence-corrected chi connectivity index (χ2v) is 5.85. The molecule has 0 aliphatic carbocycles. The minimum absolute atomic E-state index is 0.0439. The Labute approximate surface area is 147 Å². The molecule has 2 aromatic heterocycles. The minimum atomic E-state index is -0.308. The van der Waals surface area contributed by atoms with Crippen molar-refractivity contribution < 1.29 is 9.53 Å². The molecular weight excluding hydrogens is 316 g/mol. The lowest BCUT2D eigenvalue weighted by atomic mass is 10.1. The first-order valence-electron chi connectivity index (χ1n) is 8.26. The molecule has 1 aromatic carbocycles. The average Bonchev–Trinajstić information content (AvgIpc) is 3.33. The van der Waals surface area contributed by atoms with Crippen LogP contribution in [0.1, 0.15) is 11.7 Å². The second kappa shape index (κ2) is 8.19. The quantitative estimate of drug-likeness (QED) is 0.686. The van der Waals surface area contributed by atoms with Gasteiger partial charge < -0.3 is 19.2 Å². The standard InChI is InChI=1S/C19H22N4O2/c1-22(11-12-25-17-7-3-2-4-8-17)19(24)18(23-9-5-6-10-23)13-16-14-20-15-21-16/h2-10,14-15,18H,11-13H2,1H3,(H,20,21). The summed E-state index contributed by atoms with van der Waals surface area (Å²) < 4.78 is 7.61. The maximum Gasteiger partial charge on any atom is 0.245 e. The van der Waals surface area contributed by atoms with Crippen LogP contribution in [0.15, 0.2) is 67.4 Å². The van der Waals surface area contributed by atoms with Crippen molar-refractivity contribution >= 4 is 5.91 Å². The normalized spacial score (nSPS) is 11.9. The molecule has 0 spiro atoms. The van der Waals surface area contributed by atoms with Gasteiger partial charge in [-0.25, -0.2) is 4.98 Å². The Bertz CT molecular complexity index is 754. The molecule has 0 aliphatic rings. The summed E-state index contributed by atoms with van der Waals surface area (Å²) in [6, 6.07) is 13.1. The molecule has 1 unspecified atom stereocenters. The number of amides is 1. The highest BCUT2D eigenvalue weighted by atomic mass is 16.5. The summed E-state index contributed by atoms with van der Waals surface area (Å²) in [4.78, 5) is 21.7. The third-order valence-electron chi connectivity index (χ3n) is 4.06. The van der Waals surface area contributed by atoms with Crippen LogP contribution >= 0.6 is 0 Å². The first-order chi connectivity index (χ1) is 12.2. The fourth-order valence-corrected chi connectivity index (χ4v) is 2.66. The summed E-state index contributed by atoms with van der Waals surface area (Å²) in [5, 5.41) is 0. The molecule has 3 aromatic rings. The highest BCUT2D eigenvalue weighted by Crippen LogP contribution is 2.16. The molecular formula is C19H22N4O2. The summed E-state index contributed by atoms with van der Waals surface area (Å²) >= 11 is 0. The number of aromatic amines is 1. The summed E-state index contributed by atoms with van der Waals surface area (Å²) in [5.41, 5.74) is 0.931. The van der Waals surface area contributed by atoms with Crippen molar-refractivity contribution in [2.75, 3.05) is 20.2 Å². The lowest BCUT2D eigenvalue weighted by molar-refractivity contribution is -0.133. The fourth-order valence-electron chi connectivity index (χ4n) is 2.66. The number of likely N-dealkylation sites (N-methyl/N-ethyl adjacent to an activating group) is 1. The van der Waals surface area contributed by atoms with E-state index in [0.29, 0.717) is 19.6 Å². The largest absolute Gasteiger partial charge is 0.492 e. The summed E-state index contributed by atoms with van der Waals surface area (Å²) in [7, 11) is 1.81. The average molecular weight is 338 g/mol. The molecule has 0 bridgehead atoms. The molecule has 0 saturated carbocycles. The Morgan fingerprint density at radius 3 is 2.68 bits per heavy atom. The Balaban J connectivity index is 1.60. The van der Waals surface area contributed by atoms with Gasteiger partial charge in [0.05, 0.1) is 12.9 Å². The van der Waals surface area contributed by atoms with E-state index in [1.807, 2.05) is 59.4 Å². The molecule has 3 rings (SSSR count). The van der Waals surface area contributed by atoms with Crippen molar-refractivity contribution in [1.82, 2.24) is 19.4 Å². The van der Waals surface area contributed by atoms with Crippen LogP contribution in [0.4, 0.5) is 0 Å². The van der Waals surface area contributed by atoms with E-state index in [1.54, 1.807) is 24.5 Å². The van der Waals surface area contributed by atoms with Gasteiger partial charge in [-0.3, -0.25) is 4.79 Å². The van der Waals surface area contributed by atoms with E-state index >= 15 is 0 Å². The van der Waals surface area contributed by atoms with Crippen LogP contribution in [0, 0.1) is 0 Å². The van der Waals surface area contributed by atoms with E-state index in [-0.39, 0.29) is 11.9 Å². The number of rotatable bonds is 8. The maximum absolute atomic E-state index is 12.9. The molecule has 1 N–H and O–H groups in total. The number of H-pyrrole nitrogens is 1. The number of imidazole rings is 1. The molecule has 2 heterocycles. The molecule has 6 heteroatoms. The van der Waals surface area contributed by atoms with Gasteiger partial charge >= 0.3 is 0 Å². The predicted octanol–water partition coefficient (Wildman–Crippen LogP) is 2.53. The van der Waals surface area contributed by atoms with Crippen LogP contribution in [-0.4, -0.2) is 45.5 Å². The van der Waals surface area contributed by atoms with Crippen molar-refractivity contribution in [2.24, 2.45) is 0 Å². The lowest BCUT2D eigenvalue weighted by Crippen LogP contribution is -2.37. The van der Waals surface area contributed by atoms with Gasteiger partial charge in [0.25, 0.3) is 0 Å². The number of aromatic nitrogens is 3. The van der Waals surface area contributed by atoms with Gasteiger partial charge in [0, 0.05) is 37.8 Å². The smallest absolute Gasteiger partial charge is 0.245 e. The van der Waals surface area contributed by atoms with Crippen LogP contribution in [0.5, 0.6) is 5.75 Å². The molecule has 130 valence electrons. The summed E-state index contributed by atoms with van der Waals surface area (Å²) in [5.74, 6) is 0.852. The van der Waals surface area contributed by atoms with Crippen LogP contribution in [0.3, 0.4) is 0 Å². The van der Waals surface area contributed by atoms with Crippen LogP contribution in [0.2, 0.25) is 0 Å². The van der Waals surface area contributed by atoms with Gasteiger partial charge in [0.2, 0.25) is 5.91 Å². The van der Waals surface area contributed by atoms with E-state index in [9.17, 15) is 4.79 Å². The van der Waals surface area contributed by atoms with Crippen molar-refractivity contribution in [3.8, 4) is 5.75 Å². The molecule has 0 aliphatic heterocycles. The number of hydrogen-bond donors (Lipinski definition) is 1. The van der Waals surface area contributed by atoms with Crippen molar-refractivity contribution in [3.05, 3.63) is 73.1 Å². The molecule has 0 fully saturated rings. The fraction of sp³-hybridized carbons (Fsp3) is 0.263. The Hall–Kier alpha value is -3.02. The van der Waals surface area contributed by atoms with Crippen LogP contribution in [0.25, 0.3) is 0 Å². The number of ether oxygens (including phenoxy) is 1. The van der Waals surface area contributed by atoms with E-state index < -0.39 is 0 Å². The van der Waals surface area contributed by atoms with E-state index in [4.69, 9.17) is 4.74 Å². The van der Waals surface area contributed by atoms with Gasteiger partial charge in [-0.2, -0.15) is 0 Å². The Kier molecular flexibility index (Phi) is 5.51. The highest BCUT2D eigenvalue weighted by Gasteiger charge is 2.24. The first-order valence-corrected chi connectivity index (χ1v) is 8.26. The number of nitrogens with zero attached hydrogens (tertiary/aromatic N) is 3. The van der Waals surface area contributed by atoms with Crippen molar-refractivity contribution in [3.63, 3.8) is 0 Å². The third kappa shape index (κ3) is 4.50. The SMILES string of the molecule is CN(CCOc1ccccc1)C(=O)C(Cc1cnc[nH]1)n1cccc1. The topological polar surface area (TPSA) is 63.1 Å². The zero-order valence-electron chi connectivity index (χ0n) is 14.2. The number of benzene rings is 1. The van der Waals surface area contributed by atoms with Gasteiger partial charge in [-0.1, -0.05) is 18.2 Å². The lowest BCUT2D eigenvalue weighted by Gasteiger charge is -2.24. The number of carbonyl (C=O) groups excluding carboxylic acids is 1. The zero-order chi connectivity index (χ0) is 17.5. The highest BCUT2D eigenvalue weighted by molar-refractivity contribution is 5.80. The summed E-state index contributed by atoms with van der Waals surface area (Å²) in [6.45, 7) is 0.975. The van der Waals surface area contributed by atoms with Crippen LogP contribution < -0.4 is 4.74 Å². The molecule has 1 amide bonds. The maximum atomic E-state index is 12.9. The molecule has 6 nitrogen and oxygen atoms in total. The predicted molar refractivity (Wildman–Crippen MR) is 95.3 cm³/mol. The minimum Gasteiger partial charge on any atom is -0.492 e. The van der Waals surface area contributed by atoms with E-state index in [1.165, 1.54) is 0 Å². The first kappa shape index (κ1) is 16.8. The number of carbonyl (C=O) groups is 1. The zero-order valence-corrected chi connectivity index (χ0v) is 14.2. The van der Waals surface area contributed by atoms with Gasteiger partial charge in [-0.05, 0) is 24.3 Å². The summed E-state index contributed by atoms with van der Waals surface area (Å²) in [6.07, 6.45) is 7.77. The number of hydrogen-bond acceptors (Lipinski definition) is 3.